The molecule has 3 aliphatic heterocycles. The molecule has 8 heteroatoms. The largest absolute Gasteiger partial charge is 0.389 e. The number of aromatic nitrogens is 1. The number of hydrogen-bond acceptors (Lipinski definition) is 7. The quantitative estimate of drug-likeness (QED) is 0.644. The van der Waals surface area contributed by atoms with E-state index in [1.165, 1.54) is 24.1 Å². The Labute approximate surface area is 218 Å². The molecule has 1 aromatic carbocycles. The van der Waals surface area contributed by atoms with Crippen LogP contribution in [0, 0.1) is 11.3 Å². The Morgan fingerprint density at radius 2 is 1.86 bits per heavy atom. The summed E-state index contributed by atoms with van der Waals surface area (Å²) in [5, 5.41) is 15.9. The van der Waals surface area contributed by atoms with E-state index in [2.05, 4.69) is 39.2 Å². The van der Waals surface area contributed by atoms with Gasteiger partial charge in [-0.25, -0.2) is 4.98 Å². The molecule has 1 amide bonds. The van der Waals surface area contributed by atoms with E-state index >= 15 is 0 Å². The molecule has 0 radical (unpaired) electrons. The van der Waals surface area contributed by atoms with Gasteiger partial charge in [0.2, 0.25) is 5.91 Å². The summed E-state index contributed by atoms with van der Waals surface area (Å²) < 4.78 is 11.1. The molecule has 2 saturated carbocycles. The number of rotatable bonds is 5. The van der Waals surface area contributed by atoms with Crippen LogP contribution < -0.4 is 10.2 Å². The van der Waals surface area contributed by atoms with Gasteiger partial charge in [0.05, 0.1) is 24.9 Å². The van der Waals surface area contributed by atoms with Crippen LogP contribution in [0.2, 0.25) is 0 Å². The summed E-state index contributed by atoms with van der Waals surface area (Å²) in [6, 6.07) is 6.67. The summed E-state index contributed by atoms with van der Waals surface area (Å²) >= 11 is 0. The van der Waals surface area contributed by atoms with E-state index in [0.29, 0.717) is 24.9 Å². The number of amides is 1. The third kappa shape index (κ3) is 4.22. The molecule has 3 atom stereocenters. The minimum Gasteiger partial charge on any atom is -0.389 e. The lowest BCUT2D eigenvalue weighted by Gasteiger charge is -2.45. The molecule has 1 aromatic heterocycles. The van der Waals surface area contributed by atoms with Crippen LogP contribution in [0.1, 0.15) is 50.5 Å². The third-order valence-electron chi connectivity index (χ3n) is 9.86. The highest BCUT2D eigenvalue weighted by Gasteiger charge is 2.58. The first-order chi connectivity index (χ1) is 18.0. The highest BCUT2D eigenvalue weighted by atomic mass is 16.5. The van der Waals surface area contributed by atoms with Crippen LogP contribution in [0.25, 0.3) is 10.8 Å². The van der Waals surface area contributed by atoms with Crippen molar-refractivity contribution in [1.82, 2.24) is 9.88 Å². The van der Waals surface area contributed by atoms with Crippen molar-refractivity contribution >= 4 is 28.2 Å². The Kier molecular flexibility index (Phi) is 5.73. The van der Waals surface area contributed by atoms with Gasteiger partial charge in [0.1, 0.15) is 5.82 Å². The van der Waals surface area contributed by atoms with Crippen molar-refractivity contribution in [3.63, 3.8) is 0 Å². The van der Waals surface area contributed by atoms with E-state index in [9.17, 15) is 9.90 Å². The molecule has 198 valence electrons. The Morgan fingerprint density at radius 1 is 1.08 bits per heavy atom. The summed E-state index contributed by atoms with van der Waals surface area (Å²) in [5.74, 6) is 1.46. The molecule has 1 spiro atoms. The Hall–Kier alpha value is -2.26. The molecular formula is C29H38N4O4. The lowest BCUT2D eigenvalue weighted by Crippen LogP contribution is -2.60. The first kappa shape index (κ1) is 23.8. The van der Waals surface area contributed by atoms with Crippen LogP contribution in [-0.2, 0) is 14.3 Å². The number of benzene rings is 1. The highest BCUT2D eigenvalue weighted by Crippen LogP contribution is 2.59. The average molecular weight is 507 g/mol. The molecule has 0 bridgehead atoms. The van der Waals surface area contributed by atoms with E-state index in [4.69, 9.17) is 9.47 Å². The number of aliphatic hydroxyl groups excluding tert-OH is 1. The van der Waals surface area contributed by atoms with Crippen LogP contribution in [0.5, 0.6) is 0 Å². The number of ether oxygens (including phenoxy) is 2. The van der Waals surface area contributed by atoms with E-state index in [1.807, 2.05) is 12.3 Å². The van der Waals surface area contributed by atoms with E-state index in [-0.39, 0.29) is 22.8 Å². The second-order valence-electron chi connectivity index (χ2n) is 12.2. The fourth-order valence-corrected chi connectivity index (χ4v) is 6.94. The number of carbonyl (C=O) groups is 1. The molecule has 8 nitrogen and oxygen atoms in total. The number of aliphatic hydroxyl groups is 1. The summed E-state index contributed by atoms with van der Waals surface area (Å²) in [7, 11) is 0. The van der Waals surface area contributed by atoms with Gasteiger partial charge in [-0.15, -0.1) is 0 Å². The minimum absolute atomic E-state index is 0.0867. The number of fused-ring (bicyclic) bond motifs is 1. The van der Waals surface area contributed by atoms with Gasteiger partial charge in [-0.2, -0.15) is 0 Å². The SMILES string of the molecule is C[C@@]1(N2CCN(c3cc4cc(NC(=O)C5CC56CCOCC6)ncc4cc3C3CC3)CC2)COC[C@@H]1O. The molecule has 1 unspecified atom stereocenters. The summed E-state index contributed by atoms with van der Waals surface area (Å²) in [6.07, 6.45) is 6.92. The number of piperazine rings is 1. The van der Waals surface area contributed by atoms with Crippen LogP contribution in [0.4, 0.5) is 11.5 Å². The molecule has 3 saturated heterocycles. The van der Waals surface area contributed by atoms with Gasteiger partial charge < -0.3 is 24.8 Å². The van der Waals surface area contributed by atoms with Gasteiger partial charge in [-0.3, -0.25) is 9.69 Å². The van der Waals surface area contributed by atoms with Crippen molar-refractivity contribution in [3.05, 3.63) is 30.0 Å². The van der Waals surface area contributed by atoms with Gasteiger partial charge in [-0.1, -0.05) is 0 Å². The maximum absolute atomic E-state index is 13.0. The summed E-state index contributed by atoms with van der Waals surface area (Å²) in [4.78, 5) is 22.5. The topological polar surface area (TPSA) is 87.2 Å². The van der Waals surface area contributed by atoms with Crippen molar-refractivity contribution < 1.29 is 19.4 Å². The number of nitrogens with one attached hydrogen (secondary N) is 1. The molecule has 2 aromatic rings. The normalized spacial score (nSPS) is 31.7. The molecule has 4 heterocycles. The number of nitrogens with zero attached hydrogens (tertiary/aromatic N) is 3. The van der Waals surface area contributed by atoms with Gasteiger partial charge in [0, 0.05) is 62.6 Å². The second-order valence-corrected chi connectivity index (χ2v) is 12.2. The first-order valence-electron chi connectivity index (χ1n) is 14.0. The molecule has 37 heavy (non-hydrogen) atoms. The number of anilines is 2. The monoisotopic (exact) mass is 506 g/mol. The lowest BCUT2D eigenvalue weighted by atomic mass is 9.93. The highest BCUT2D eigenvalue weighted by molar-refractivity contribution is 5.97. The van der Waals surface area contributed by atoms with E-state index < -0.39 is 6.10 Å². The molecular weight excluding hydrogens is 468 g/mol. The fourth-order valence-electron chi connectivity index (χ4n) is 6.94. The standard InChI is InChI=1S/C29H38N4O4/c1-28(18-37-17-25(28)34)33-8-6-32(7-9-33)24-13-20-14-26(30-16-21(20)12-22(24)19-2-3-19)31-27(35)23-15-29(23)4-10-36-11-5-29/h12-14,16,19,23,25,34H,2-11,15,17-18H2,1H3,(H,30,31,35)/t23?,25-,28+/m0/s1. The number of hydrogen-bond donors (Lipinski definition) is 2. The maximum atomic E-state index is 13.0. The van der Waals surface area contributed by atoms with Crippen molar-refractivity contribution in [2.45, 2.75) is 56.6 Å². The minimum atomic E-state index is -0.431. The van der Waals surface area contributed by atoms with Crippen LogP contribution in [-0.4, -0.2) is 85.1 Å². The van der Waals surface area contributed by atoms with Crippen molar-refractivity contribution in [2.24, 2.45) is 11.3 Å². The Bertz CT molecular complexity index is 1200. The number of pyridine rings is 1. The van der Waals surface area contributed by atoms with Gasteiger partial charge in [0.25, 0.3) is 0 Å². The molecule has 5 fully saturated rings. The van der Waals surface area contributed by atoms with Crippen molar-refractivity contribution in [1.29, 1.82) is 0 Å². The zero-order chi connectivity index (χ0) is 25.2. The summed E-state index contributed by atoms with van der Waals surface area (Å²) in [6.45, 7) is 8.35. The zero-order valence-corrected chi connectivity index (χ0v) is 21.7. The van der Waals surface area contributed by atoms with E-state index in [0.717, 1.165) is 69.4 Å². The zero-order valence-electron chi connectivity index (χ0n) is 21.7. The Balaban J connectivity index is 1.10. The molecule has 2 N–H and O–H groups in total. The van der Waals surface area contributed by atoms with E-state index in [1.54, 1.807) is 0 Å². The molecule has 5 aliphatic rings. The van der Waals surface area contributed by atoms with Crippen molar-refractivity contribution in [2.75, 3.05) is 62.8 Å². The maximum Gasteiger partial charge on any atom is 0.229 e. The molecule has 2 aliphatic carbocycles. The second kappa shape index (κ2) is 8.90. The van der Waals surface area contributed by atoms with Gasteiger partial charge >= 0.3 is 0 Å². The first-order valence-corrected chi connectivity index (χ1v) is 14.0. The van der Waals surface area contributed by atoms with Crippen molar-refractivity contribution in [3.8, 4) is 0 Å². The van der Waals surface area contributed by atoms with Crippen LogP contribution in [0.15, 0.2) is 24.4 Å². The average Bonchev–Trinajstić information content (AvgIpc) is 3.84. The van der Waals surface area contributed by atoms with Crippen LogP contribution in [0.3, 0.4) is 0 Å². The van der Waals surface area contributed by atoms with Crippen LogP contribution >= 0.6 is 0 Å². The Morgan fingerprint density at radius 3 is 2.57 bits per heavy atom. The predicted octanol–water partition coefficient (Wildman–Crippen LogP) is 3.14. The third-order valence-corrected chi connectivity index (χ3v) is 9.86. The smallest absolute Gasteiger partial charge is 0.229 e. The molecule has 7 rings (SSSR count). The fraction of sp³-hybridized carbons (Fsp3) is 0.655. The summed E-state index contributed by atoms with van der Waals surface area (Å²) in [5.41, 5.74) is 2.60. The number of carbonyl (C=O) groups excluding carboxylic acids is 1. The van der Waals surface area contributed by atoms with Gasteiger partial charge in [0.15, 0.2) is 0 Å². The van der Waals surface area contributed by atoms with Gasteiger partial charge in [-0.05, 0) is 79.5 Å². The predicted molar refractivity (Wildman–Crippen MR) is 142 cm³/mol. The lowest BCUT2D eigenvalue weighted by molar-refractivity contribution is -0.118.